The van der Waals surface area contributed by atoms with E-state index < -0.39 is 0 Å². The summed E-state index contributed by atoms with van der Waals surface area (Å²) in [7, 11) is 0. The van der Waals surface area contributed by atoms with Gasteiger partial charge >= 0.3 is 0 Å². The van der Waals surface area contributed by atoms with Gasteiger partial charge in [0.05, 0.1) is 11.3 Å². The summed E-state index contributed by atoms with van der Waals surface area (Å²) in [6.07, 6.45) is 4.07. The molecule has 0 bridgehead atoms. The first-order valence-corrected chi connectivity index (χ1v) is 4.48. The third-order valence-electron chi connectivity index (χ3n) is 1.93. The van der Waals surface area contributed by atoms with Gasteiger partial charge in [-0.15, -0.1) is 0 Å². The molecule has 66 valence electrons. The summed E-state index contributed by atoms with van der Waals surface area (Å²) in [6, 6.07) is 10.2. The van der Waals surface area contributed by atoms with Gasteiger partial charge in [-0.25, -0.2) is 0 Å². The molecular weight excluding hydrogens is 184 g/mol. The quantitative estimate of drug-likeness (QED) is 0.710. The number of benzene rings is 1. The van der Waals surface area contributed by atoms with E-state index in [-0.39, 0.29) is 0 Å². The van der Waals surface area contributed by atoms with Crippen molar-refractivity contribution >= 4 is 11.6 Å². The van der Waals surface area contributed by atoms with E-state index >= 15 is 0 Å². The molecule has 2 aromatic rings. The van der Waals surface area contributed by atoms with Crippen LogP contribution in [0.1, 0.15) is 11.1 Å². The van der Waals surface area contributed by atoms with Gasteiger partial charge < -0.3 is 4.42 Å². The van der Waals surface area contributed by atoms with Crippen LogP contribution < -0.4 is 0 Å². The van der Waals surface area contributed by atoms with Crippen LogP contribution in [0.5, 0.6) is 0 Å². The Morgan fingerprint density at radius 1 is 1.08 bits per heavy atom. The highest BCUT2D eigenvalue weighted by atomic mass is 35.5. The number of furan rings is 1. The molecule has 0 radical (unpaired) electrons. The molecule has 13 heavy (non-hydrogen) atoms. The minimum atomic E-state index is 0.698. The molecule has 0 aliphatic carbocycles. The van der Waals surface area contributed by atoms with Crippen molar-refractivity contribution in [1.82, 2.24) is 0 Å². The lowest BCUT2D eigenvalue weighted by Crippen LogP contribution is -1.84. The normalized spacial score (nSPS) is 10.2. The van der Waals surface area contributed by atoms with E-state index in [1.165, 1.54) is 5.56 Å². The molecule has 2 heteroatoms. The minimum Gasteiger partial charge on any atom is -0.471 e. The molecule has 1 aromatic carbocycles. The summed E-state index contributed by atoms with van der Waals surface area (Å²) in [5.41, 5.74) is 2.28. The van der Waals surface area contributed by atoms with Crippen molar-refractivity contribution in [3.05, 3.63) is 59.0 Å². The van der Waals surface area contributed by atoms with E-state index in [0.29, 0.717) is 5.02 Å². The summed E-state index contributed by atoms with van der Waals surface area (Å²) in [5.74, 6) is 0. The van der Waals surface area contributed by atoms with E-state index in [4.69, 9.17) is 16.0 Å². The third kappa shape index (κ3) is 1.93. The summed E-state index contributed by atoms with van der Waals surface area (Å²) in [4.78, 5) is 0. The molecule has 0 aliphatic rings. The molecule has 0 amide bonds. The second-order valence-electron chi connectivity index (χ2n) is 2.91. The Morgan fingerprint density at radius 2 is 1.85 bits per heavy atom. The molecule has 1 nitrogen and oxygen atoms in total. The number of halogens is 1. The van der Waals surface area contributed by atoms with E-state index in [2.05, 4.69) is 12.1 Å². The number of rotatable bonds is 2. The van der Waals surface area contributed by atoms with E-state index in [9.17, 15) is 0 Å². The average Bonchev–Trinajstić information content (AvgIpc) is 2.54. The standard InChI is InChI=1S/C11H9ClO/c12-11-8-13-7-10(11)6-9-4-2-1-3-5-9/h1-5,7-8H,6H2. The zero-order chi connectivity index (χ0) is 9.10. The molecule has 0 saturated heterocycles. The Balaban J connectivity index is 2.20. The Kier molecular flexibility index (Phi) is 2.37. The second kappa shape index (κ2) is 3.67. The largest absolute Gasteiger partial charge is 0.471 e. The molecule has 0 fully saturated rings. The summed E-state index contributed by atoms with van der Waals surface area (Å²) >= 11 is 5.90. The van der Waals surface area contributed by atoms with Gasteiger partial charge in [0.15, 0.2) is 0 Å². The molecule has 0 saturated carbocycles. The van der Waals surface area contributed by atoms with Gasteiger partial charge in [-0.3, -0.25) is 0 Å². The van der Waals surface area contributed by atoms with Crippen LogP contribution in [0.4, 0.5) is 0 Å². The van der Waals surface area contributed by atoms with Crippen molar-refractivity contribution in [2.45, 2.75) is 6.42 Å². The van der Waals surface area contributed by atoms with Crippen molar-refractivity contribution in [2.24, 2.45) is 0 Å². The van der Waals surface area contributed by atoms with Crippen molar-refractivity contribution < 1.29 is 4.42 Å². The fraction of sp³-hybridized carbons (Fsp3) is 0.0909. The van der Waals surface area contributed by atoms with Crippen molar-refractivity contribution in [1.29, 1.82) is 0 Å². The lowest BCUT2D eigenvalue weighted by molar-refractivity contribution is 0.564. The van der Waals surface area contributed by atoms with Crippen LogP contribution in [0.25, 0.3) is 0 Å². The lowest BCUT2D eigenvalue weighted by Gasteiger charge is -1.97. The number of hydrogen-bond donors (Lipinski definition) is 0. The first-order chi connectivity index (χ1) is 6.36. The van der Waals surface area contributed by atoms with Crippen LogP contribution in [0, 0.1) is 0 Å². The predicted octanol–water partition coefficient (Wildman–Crippen LogP) is 3.52. The van der Waals surface area contributed by atoms with Crippen LogP contribution >= 0.6 is 11.6 Å². The molecule has 1 aromatic heterocycles. The maximum atomic E-state index is 5.90. The minimum absolute atomic E-state index is 0.698. The molecule has 0 N–H and O–H groups in total. The van der Waals surface area contributed by atoms with Crippen molar-refractivity contribution in [3.8, 4) is 0 Å². The van der Waals surface area contributed by atoms with Gasteiger partial charge in [0.1, 0.15) is 6.26 Å². The zero-order valence-corrected chi connectivity index (χ0v) is 7.79. The van der Waals surface area contributed by atoms with Crippen LogP contribution in [0.2, 0.25) is 5.02 Å². The highest BCUT2D eigenvalue weighted by molar-refractivity contribution is 6.31. The molecule has 0 atom stereocenters. The third-order valence-corrected chi connectivity index (χ3v) is 2.26. The number of hydrogen-bond acceptors (Lipinski definition) is 1. The Hall–Kier alpha value is -1.21. The van der Waals surface area contributed by atoms with Gasteiger partial charge in [0, 0.05) is 12.0 Å². The van der Waals surface area contributed by atoms with Gasteiger partial charge in [-0.05, 0) is 5.56 Å². The SMILES string of the molecule is Clc1cocc1Cc1ccccc1. The molecular formula is C11H9ClO. The Morgan fingerprint density at radius 3 is 2.46 bits per heavy atom. The Bertz CT molecular complexity index is 378. The smallest absolute Gasteiger partial charge is 0.109 e. The van der Waals surface area contributed by atoms with Crippen LogP contribution in [-0.4, -0.2) is 0 Å². The van der Waals surface area contributed by atoms with Crippen molar-refractivity contribution in [2.75, 3.05) is 0 Å². The maximum Gasteiger partial charge on any atom is 0.109 e. The predicted molar refractivity (Wildman–Crippen MR) is 53.0 cm³/mol. The van der Waals surface area contributed by atoms with Gasteiger partial charge in [0.2, 0.25) is 0 Å². The van der Waals surface area contributed by atoms with Gasteiger partial charge in [-0.1, -0.05) is 41.9 Å². The monoisotopic (exact) mass is 192 g/mol. The summed E-state index contributed by atoms with van der Waals surface area (Å²) in [6.45, 7) is 0. The Labute approximate surface area is 82.0 Å². The van der Waals surface area contributed by atoms with E-state index in [1.807, 2.05) is 18.2 Å². The van der Waals surface area contributed by atoms with Crippen molar-refractivity contribution in [3.63, 3.8) is 0 Å². The average molecular weight is 193 g/mol. The topological polar surface area (TPSA) is 13.1 Å². The zero-order valence-electron chi connectivity index (χ0n) is 7.03. The van der Waals surface area contributed by atoms with Gasteiger partial charge in [-0.2, -0.15) is 0 Å². The fourth-order valence-electron chi connectivity index (χ4n) is 1.25. The lowest BCUT2D eigenvalue weighted by atomic mass is 10.1. The summed E-state index contributed by atoms with van der Waals surface area (Å²) < 4.78 is 4.99. The molecule has 1 heterocycles. The maximum absolute atomic E-state index is 5.90. The van der Waals surface area contributed by atoms with Crippen LogP contribution in [0.15, 0.2) is 47.3 Å². The highest BCUT2D eigenvalue weighted by Gasteiger charge is 2.02. The summed E-state index contributed by atoms with van der Waals surface area (Å²) in [5, 5.41) is 0.698. The first kappa shape index (κ1) is 8.39. The molecule has 0 aliphatic heterocycles. The van der Waals surface area contributed by atoms with E-state index in [0.717, 1.165) is 12.0 Å². The molecule has 2 rings (SSSR count). The first-order valence-electron chi connectivity index (χ1n) is 4.11. The fourth-order valence-corrected chi connectivity index (χ4v) is 1.41. The van der Waals surface area contributed by atoms with Gasteiger partial charge in [0.25, 0.3) is 0 Å². The second-order valence-corrected chi connectivity index (χ2v) is 3.31. The molecule has 0 unspecified atom stereocenters. The van der Waals surface area contributed by atoms with E-state index in [1.54, 1.807) is 12.5 Å². The van der Waals surface area contributed by atoms with Crippen LogP contribution in [-0.2, 0) is 6.42 Å². The molecule has 0 spiro atoms. The van der Waals surface area contributed by atoms with Crippen LogP contribution in [0.3, 0.4) is 0 Å². The highest BCUT2D eigenvalue weighted by Crippen LogP contribution is 2.19.